The molecule has 3 N–H and O–H groups in total. The third-order valence-corrected chi connectivity index (χ3v) is 2.52. The SMILES string of the molecule is Nc1cn(-c2nccc3occc23)nc1C(=O)O. The summed E-state index contributed by atoms with van der Waals surface area (Å²) >= 11 is 0. The summed E-state index contributed by atoms with van der Waals surface area (Å²) in [5.74, 6) is -0.703. The van der Waals surface area contributed by atoms with Crippen molar-refractivity contribution in [2.75, 3.05) is 5.73 Å². The van der Waals surface area contributed by atoms with Crippen LogP contribution in [-0.4, -0.2) is 25.8 Å². The van der Waals surface area contributed by atoms with Crippen LogP contribution in [0.2, 0.25) is 0 Å². The van der Waals surface area contributed by atoms with Gasteiger partial charge in [-0.25, -0.2) is 14.5 Å². The Labute approximate surface area is 100 Å². The Hall–Kier alpha value is -2.83. The minimum absolute atomic E-state index is 0.0878. The van der Waals surface area contributed by atoms with E-state index in [0.717, 1.165) is 5.39 Å². The zero-order valence-corrected chi connectivity index (χ0v) is 9.07. The lowest BCUT2D eigenvalue weighted by Crippen LogP contribution is -2.03. The standard InChI is InChI=1S/C11H8N4O3/c12-7-5-15(14-9(7)11(16)17)10-6-2-4-18-8(6)1-3-13-10/h1-5H,12H2,(H,16,17). The lowest BCUT2D eigenvalue weighted by atomic mass is 10.3. The Morgan fingerprint density at radius 1 is 1.44 bits per heavy atom. The van der Waals surface area contributed by atoms with E-state index in [0.29, 0.717) is 11.4 Å². The second kappa shape index (κ2) is 3.59. The molecular formula is C11H8N4O3. The van der Waals surface area contributed by atoms with Crippen molar-refractivity contribution in [1.29, 1.82) is 0 Å². The van der Waals surface area contributed by atoms with Gasteiger partial charge in [0, 0.05) is 6.20 Å². The van der Waals surface area contributed by atoms with Crippen LogP contribution in [0.1, 0.15) is 10.5 Å². The summed E-state index contributed by atoms with van der Waals surface area (Å²) in [6.07, 6.45) is 4.50. The van der Waals surface area contributed by atoms with Crippen molar-refractivity contribution in [2.45, 2.75) is 0 Å². The maximum atomic E-state index is 10.9. The summed E-state index contributed by atoms with van der Waals surface area (Å²) in [6, 6.07) is 3.44. The van der Waals surface area contributed by atoms with Crippen molar-refractivity contribution in [3.63, 3.8) is 0 Å². The van der Waals surface area contributed by atoms with Crippen LogP contribution in [0, 0.1) is 0 Å². The van der Waals surface area contributed by atoms with Crippen molar-refractivity contribution in [3.8, 4) is 5.82 Å². The molecule has 0 saturated carbocycles. The molecule has 3 aromatic rings. The zero-order chi connectivity index (χ0) is 12.7. The van der Waals surface area contributed by atoms with Crippen molar-refractivity contribution < 1.29 is 14.3 Å². The molecule has 3 aromatic heterocycles. The van der Waals surface area contributed by atoms with Crippen LogP contribution < -0.4 is 5.73 Å². The van der Waals surface area contributed by atoms with Gasteiger partial charge in [-0.15, -0.1) is 0 Å². The monoisotopic (exact) mass is 244 g/mol. The zero-order valence-electron chi connectivity index (χ0n) is 9.07. The average Bonchev–Trinajstić information content (AvgIpc) is 2.94. The first-order valence-corrected chi connectivity index (χ1v) is 5.08. The van der Waals surface area contributed by atoms with E-state index in [1.54, 1.807) is 18.3 Å². The van der Waals surface area contributed by atoms with Gasteiger partial charge in [0.25, 0.3) is 0 Å². The highest BCUT2D eigenvalue weighted by Crippen LogP contribution is 2.22. The minimum atomic E-state index is -1.18. The number of carboxylic acids is 1. The predicted molar refractivity (Wildman–Crippen MR) is 62.5 cm³/mol. The van der Waals surface area contributed by atoms with Gasteiger partial charge in [0.1, 0.15) is 5.58 Å². The van der Waals surface area contributed by atoms with E-state index >= 15 is 0 Å². The van der Waals surface area contributed by atoms with Crippen molar-refractivity contribution in [1.82, 2.24) is 14.8 Å². The number of aromatic nitrogens is 3. The number of nitrogens with two attached hydrogens (primary N) is 1. The topological polar surface area (TPSA) is 107 Å². The fourth-order valence-corrected chi connectivity index (χ4v) is 1.72. The number of pyridine rings is 1. The molecule has 7 heteroatoms. The van der Waals surface area contributed by atoms with Crippen molar-refractivity contribution in [3.05, 3.63) is 36.5 Å². The first-order chi connectivity index (χ1) is 8.66. The third kappa shape index (κ3) is 1.41. The summed E-state index contributed by atoms with van der Waals surface area (Å²) in [7, 11) is 0. The molecule has 0 fully saturated rings. The number of fused-ring (bicyclic) bond motifs is 1. The van der Waals surface area contributed by atoms with Gasteiger partial charge in [-0.05, 0) is 12.1 Å². The Morgan fingerprint density at radius 2 is 2.28 bits per heavy atom. The van der Waals surface area contributed by atoms with E-state index in [4.69, 9.17) is 15.3 Å². The van der Waals surface area contributed by atoms with Crippen LogP contribution in [0.15, 0.2) is 35.2 Å². The van der Waals surface area contributed by atoms with E-state index in [1.807, 2.05) is 0 Å². The van der Waals surface area contributed by atoms with E-state index in [1.165, 1.54) is 17.1 Å². The number of anilines is 1. The molecule has 0 saturated heterocycles. The van der Waals surface area contributed by atoms with Gasteiger partial charge in [0.2, 0.25) is 0 Å². The molecule has 0 spiro atoms. The van der Waals surface area contributed by atoms with Crippen LogP contribution in [0.25, 0.3) is 16.8 Å². The van der Waals surface area contributed by atoms with Crippen LogP contribution >= 0.6 is 0 Å². The van der Waals surface area contributed by atoms with Gasteiger partial charge >= 0.3 is 5.97 Å². The van der Waals surface area contributed by atoms with Gasteiger partial charge in [-0.2, -0.15) is 5.10 Å². The first-order valence-electron chi connectivity index (χ1n) is 5.08. The molecule has 18 heavy (non-hydrogen) atoms. The van der Waals surface area contributed by atoms with Gasteiger partial charge in [-0.1, -0.05) is 0 Å². The Kier molecular flexibility index (Phi) is 2.06. The number of nitrogens with zero attached hydrogens (tertiary/aromatic N) is 3. The minimum Gasteiger partial charge on any atom is -0.476 e. The highest BCUT2D eigenvalue weighted by Gasteiger charge is 2.16. The molecule has 0 aromatic carbocycles. The normalized spacial score (nSPS) is 10.9. The fourth-order valence-electron chi connectivity index (χ4n) is 1.72. The molecule has 3 rings (SSSR count). The van der Waals surface area contributed by atoms with Crippen LogP contribution in [0.3, 0.4) is 0 Å². The highest BCUT2D eigenvalue weighted by molar-refractivity contribution is 5.91. The number of nitrogen functional groups attached to an aromatic ring is 1. The van der Waals surface area contributed by atoms with Crippen molar-refractivity contribution >= 4 is 22.6 Å². The van der Waals surface area contributed by atoms with E-state index in [2.05, 4.69) is 10.1 Å². The molecule has 7 nitrogen and oxygen atoms in total. The Morgan fingerprint density at radius 3 is 3.00 bits per heavy atom. The van der Waals surface area contributed by atoms with E-state index in [9.17, 15) is 4.79 Å². The van der Waals surface area contributed by atoms with E-state index in [-0.39, 0.29) is 11.4 Å². The maximum absolute atomic E-state index is 10.9. The predicted octanol–water partition coefficient (Wildman–Crippen LogP) is 1.29. The smallest absolute Gasteiger partial charge is 0.358 e. The second-order valence-electron chi connectivity index (χ2n) is 3.65. The maximum Gasteiger partial charge on any atom is 0.358 e. The molecule has 3 heterocycles. The number of hydrogen-bond donors (Lipinski definition) is 2. The first kappa shape index (κ1) is 10.3. The molecule has 0 aliphatic rings. The number of carboxylic acid groups (broad SMARTS) is 1. The summed E-state index contributed by atoms with van der Waals surface area (Å²) in [5.41, 5.74) is 6.12. The van der Waals surface area contributed by atoms with Crippen LogP contribution in [-0.2, 0) is 0 Å². The van der Waals surface area contributed by atoms with Crippen LogP contribution in [0.4, 0.5) is 5.69 Å². The van der Waals surface area contributed by atoms with Gasteiger partial charge in [0.05, 0.1) is 23.5 Å². The number of rotatable bonds is 2. The van der Waals surface area contributed by atoms with Gasteiger partial charge < -0.3 is 15.3 Å². The van der Waals surface area contributed by atoms with Gasteiger partial charge in [-0.3, -0.25) is 0 Å². The van der Waals surface area contributed by atoms with Crippen molar-refractivity contribution in [2.24, 2.45) is 0 Å². The summed E-state index contributed by atoms with van der Waals surface area (Å²) in [4.78, 5) is 15.0. The average molecular weight is 244 g/mol. The largest absolute Gasteiger partial charge is 0.476 e. The molecule has 0 atom stereocenters. The molecular weight excluding hydrogens is 236 g/mol. The Bertz CT molecular complexity index is 744. The highest BCUT2D eigenvalue weighted by atomic mass is 16.4. The molecule has 0 bridgehead atoms. The lowest BCUT2D eigenvalue weighted by molar-refractivity contribution is 0.0691. The lowest BCUT2D eigenvalue weighted by Gasteiger charge is -2.00. The number of carbonyl (C=O) groups is 1. The number of hydrogen-bond acceptors (Lipinski definition) is 5. The second-order valence-corrected chi connectivity index (χ2v) is 3.65. The fraction of sp³-hybridized carbons (Fsp3) is 0. The van der Waals surface area contributed by atoms with E-state index < -0.39 is 5.97 Å². The molecule has 0 aliphatic heterocycles. The summed E-state index contributed by atoms with van der Waals surface area (Å²) < 4.78 is 6.57. The Balaban J connectivity index is 2.23. The molecule has 0 aliphatic carbocycles. The third-order valence-electron chi connectivity index (χ3n) is 2.52. The number of aromatic carboxylic acids is 1. The molecule has 0 amide bonds. The number of furan rings is 1. The summed E-state index contributed by atoms with van der Waals surface area (Å²) in [5, 5.41) is 13.5. The van der Waals surface area contributed by atoms with Crippen LogP contribution in [0.5, 0.6) is 0 Å². The molecule has 0 radical (unpaired) electrons. The summed E-state index contributed by atoms with van der Waals surface area (Å²) in [6.45, 7) is 0. The molecule has 90 valence electrons. The quantitative estimate of drug-likeness (QED) is 0.703. The van der Waals surface area contributed by atoms with Gasteiger partial charge in [0.15, 0.2) is 11.5 Å². The molecule has 0 unspecified atom stereocenters.